The van der Waals surface area contributed by atoms with Gasteiger partial charge < -0.3 is 14.6 Å². The number of aromatic nitrogens is 1. The number of amides is 1. The SMILES string of the molecule is CC#CCC1COc2c(cn(C)c2C(=O)Nc2ccc(F)c(C(F)(F)F)c2)S(=O)(=O)N1. The van der Waals surface area contributed by atoms with Gasteiger partial charge in [-0.3, -0.25) is 4.79 Å². The van der Waals surface area contributed by atoms with Crippen LogP contribution < -0.4 is 14.8 Å². The average molecular weight is 459 g/mol. The van der Waals surface area contributed by atoms with Crippen LogP contribution in [-0.4, -0.2) is 31.5 Å². The third kappa shape index (κ3) is 4.67. The molecule has 1 aromatic heterocycles. The van der Waals surface area contributed by atoms with Gasteiger partial charge in [0.05, 0.1) is 11.6 Å². The molecule has 1 unspecified atom stereocenters. The van der Waals surface area contributed by atoms with Crippen molar-refractivity contribution in [1.29, 1.82) is 0 Å². The quantitative estimate of drug-likeness (QED) is 0.546. The molecule has 2 aromatic rings. The van der Waals surface area contributed by atoms with Gasteiger partial charge in [0.1, 0.15) is 17.3 Å². The van der Waals surface area contributed by atoms with E-state index < -0.39 is 39.5 Å². The van der Waals surface area contributed by atoms with Crippen LogP contribution in [0.25, 0.3) is 0 Å². The van der Waals surface area contributed by atoms with Crippen LogP contribution in [0.1, 0.15) is 29.4 Å². The van der Waals surface area contributed by atoms with Gasteiger partial charge >= 0.3 is 6.18 Å². The lowest BCUT2D eigenvalue weighted by Gasteiger charge is -2.14. The summed E-state index contributed by atoms with van der Waals surface area (Å²) in [5.74, 6) is 2.74. The molecule has 0 aliphatic carbocycles. The predicted molar refractivity (Wildman–Crippen MR) is 102 cm³/mol. The zero-order valence-electron chi connectivity index (χ0n) is 16.3. The number of sulfonamides is 1. The molecule has 0 saturated carbocycles. The van der Waals surface area contributed by atoms with E-state index in [1.165, 1.54) is 11.6 Å². The maximum Gasteiger partial charge on any atom is 0.419 e. The number of benzene rings is 1. The van der Waals surface area contributed by atoms with E-state index in [0.29, 0.717) is 12.1 Å². The highest BCUT2D eigenvalue weighted by atomic mass is 32.2. The van der Waals surface area contributed by atoms with Crippen molar-refractivity contribution < 1.29 is 35.5 Å². The fourth-order valence-electron chi connectivity index (χ4n) is 3.01. The first-order valence-electron chi connectivity index (χ1n) is 8.86. The standard InChI is InChI=1S/C19H17F4N3O4S/c1-3-4-5-12-10-30-17-15(31(28,29)25-12)9-26(2)16(17)18(27)24-11-6-7-14(20)13(8-11)19(21,22)23/h6-9,12,25H,5,10H2,1-2H3,(H,24,27). The number of aryl methyl sites for hydroxylation is 1. The highest BCUT2D eigenvalue weighted by Gasteiger charge is 2.36. The summed E-state index contributed by atoms with van der Waals surface area (Å²) in [6, 6.07) is 1.34. The van der Waals surface area contributed by atoms with Crippen LogP contribution in [-0.2, 0) is 23.2 Å². The summed E-state index contributed by atoms with van der Waals surface area (Å²) < 4.78 is 86.8. The molecule has 0 radical (unpaired) electrons. The smallest absolute Gasteiger partial charge is 0.419 e. The van der Waals surface area contributed by atoms with E-state index >= 15 is 0 Å². The van der Waals surface area contributed by atoms with Crippen LogP contribution in [0.5, 0.6) is 5.75 Å². The minimum Gasteiger partial charge on any atom is -0.488 e. The Hall–Kier alpha value is -3.04. The number of carbonyl (C=O) groups is 1. The number of rotatable bonds is 3. The maximum absolute atomic E-state index is 13.5. The molecule has 0 bridgehead atoms. The van der Waals surface area contributed by atoms with Gasteiger partial charge in [0.15, 0.2) is 11.4 Å². The van der Waals surface area contributed by atoms with Crippen molar-refractivity contribution in [2.45, 2.75) is 30.5 Å². The van der Waals surface area contributed by atoms with Gasteiger partial charge in [-0.05, 0) is 25.1 Å². The first-order chi connectivity index (χ1) is 14.4. The molecule has 3 rings (SSSR count). The Morgan fingerprint density at radius 3 is 2.74 bits per heavy atom. The molecule has 2 N–H and O–H groups in total. The highest BCUT2D eigenvalue weighted by Crippen LogP contribution is 2.35. The van der Waals surface area contributed by atoms with Crippen molar-refractivity contribution >= 4 is 21.6 Å². The van der Waals surface area contributed by atoms with E-state index in [0.717, 1.165) is 12.3 Å². The number of nitrogens with zero attached hydrogens (tertiary/aromatic N) is 1. The molecule has 1 aromatic carbocycles. The van der Waals surface area contributed by atoms with E-state index in [1.807, 2.05) is 0 Å². The molecular weight excluding hydrogens is 442 g/mol. The number of carbonyl (C=O) groups excluding carboxylic acids is 1. The molecule has 1 amide bonds. The molecule has 7 nitrogen and oxygen atoms in total. The van der Waals surface area contributed by atoms with Crippen LogP contribution in [0, 0.1) is 17.7 Å². The third-order valence-electron chi connectivity index (χ3n) is 4.41. The van der Waals surface area contributed by atoms with E-state index in [2.05, 4.69) is 21.9 Å². The van der Waals surface area contributed by atoms with Gasteiger partial charge in [-0.2, -0.15) is 13.2 Å². The van der Waals surface area contributed by atoms with Crippen LogP contribution in [0.15, 0.2) is 29.3 Å². The number of fused-ring (bicyclic) bond motifs is 1. The van der Waals surface area contributed by atoms with E-state index in [1.54, 1.807) is 6.92 Å². The summed E-state index contributed by atoms with van der Waals surface area (Å²) in [5.41, 5.74) is -2.08. The van der Waals surface area contributed by atoms with Crippen molar-refractivity contribution in [1.82, 2.24) is 9.29 Å². The van der Waals surface area contributed by atoms with Gasteiger partial charge in [0, 0.05) is 25.4 Å². The number of alkyl halides is 3. The molecule has 0 fully saturated rings. The fraction of sp³-hybridized carbons (Fsp3) is 0.316. The number of anilines is 1. The molecule has 0 saturated heterocycles. The number of hydrogen-bond acceptors (Lipinski definition) is 4. The summed E-state index contributed by atoms with van der Waals surface area (Å²) in [7, 11) is -2.66. The average Bonchev–Trinajstić information content (AvgIpc) is 2.95. The zero-order valence-corrected chi connectivity index (χ0v) is 17.1. The number of nitrogens with one attached hydrogen (secondary N) is 2. The Balaban J connectivity index is 1.95. The molecular formula is C19H17F4N3O4S. The molecule has 1 atom stereocenters. The minimum absolute atomic E-state index is 0.111. The molecule has 166 valence electrons. The summed E-state index contributed by atoms with van der Waals surface area (Å²) in [4.78, 5) is 12.5. The predicted octanol–water partition coefficient (Wildman–Crippen LogP) is 2.89. The second-order valence-corrected chi connectivity index (χ2v) is 8.37. The number of halogens is 4. The van der Waals surface area contributed by atoms with Crippen LogP contribution in [0.4, 0.5) is 23.2 Å². The van der Waals surface area contributed by atoms with Gasteiger partial charge in [-0.25, -0.2) is 17.5 Å². The normalized spacial score (nSPS) is 17.5. The Morgan fingerprint density at radius 1 is 1.39 bits per heavy atom. The molecule has 1 aliphatic rings. The third-order valence-corrected chi connectivity index (χ3v) is 5.93. The Bertz CT molecular complexity index is 1190. The van der Waals surface area contributed by atoms with Crippen molar-refractivity contribution in [2.75, 3.05) is 11.9 Å². The highest BCUT2D eigenvalue weighted by molar-refractivity contribution is 7.89. The number of hydrogen-bond donors (Lipinski definition) is 2. The zero-order chi connectivity index (χ0) is 23.0. The van der Waals surface area contributed by atoms with Crippen LogP contribution >= 0.6 is 0 Å². The summed E-state index contributed by atoms with van der Waals surface area (Å²) >= 11 is 0. The van der Waals surface area contributed by atoms with Gasteiger partial charge in [-0.15, -0.1) is 11.8 Å². The van der Waals surface area contributed by atoms with Gasteiger partial charge in [0.25, 0.3) is 5.91 Å². The Kier molecular flexibility index (Phi) is 6.02. The monoisotopic (exact) mass is 459 g/mol. The summed E-state index contributed by atoms with van der Waals surface area (Å²) in [6.07, 6.45) is -3.61. The van der Waals surface area contributed by atoms with Crippen molar-refractivity contribution in [3.63, 3.8) is 0 Å². The molecule has 2 heterocycles. The molecule has 31 heavy (non-hydrogen) atoms. The maximum atomic E-state index is 13.5. The summed E-state index contributed by atoms with van der Waals surface area (Å²) in [5, 5.41) is 2.22. The number of ether oxygens (including phenoxy) is 1. The van der Waals surface area contributed by atoms with Crippen molar-refractivity contribution in [2.24, 2.45) is 7.05 Å². The van der Waals surface area contributed by atoms with E-state index in [-0.39, 0.29) is 35.1 Å². The second-order valence-electron chi connectivity index (χ2n) is 6.69. The molecule has 12 heteroatoms. The molecule has 1 aliphatic heterocycles. The van der Waals surface area contributed by atoms with E-state index in [9.17, 15) is 30.8 Å². The van der Waals surface area contributed by atoms with Crippen molar-refractivity contribution in [3.8, 4) is 17.6 Å². The Morgan fingerprint density at radius 2 is 2.10 bits per heavy atom. The largest absolute Gasteiger partial charge is 0.488 e. The lowest BCUT2D eigenvalue weighted by atomic mass is 10.1. The topological polar surface area (TPSA) is 89.4 Å². The minimum atomic E-state index is -4.95. The van der Waals surface area contributed by atoms with Crippen LogP contribution in [0.3, 0.4) is 0 Å². The lowest BCUT2D eigenvalue weighted by molar-refractivity contribution is -0.139. The van der Waals surface area contributed by atoms with Crippen LogP contribution in [0.2, 0.25) is 0 Å². The van der Waals surface area contributed by atoms with Gasteiger partial charge in [0.2, 0.25) is 10.0 Å². The summed E-state index contributed by atoms with van der Waals surface area (Å²) in [6.45, 7) is 1.49. The Labute approximate surface area is 175 Å². The first kappa shape index (κ1) is 22.6. The lowest BCUT2D eigenvalue weighted by Crippen LogP contribution is -2.36. The van der Waals surface area contributed by atoms with E-state index in [4.69, 9.17) is 4.74 Å². The first-order valence-corrected chi connectivity index (χ1v) is 10.3. The fourth-order valence-corrected chi connectivity index (χ4v) is 4.42. The van der Waals surface area contributed by atoms with Gasteiger partial charge in [-0.1, -0.05) is 0 Å². The van der Waals surface area contributed by atoms with Crippen molar-refractivity contribution in [3.05, 3.63) is 41.5 Å². The second kappa shape index (κ2) is 8.24. The molecule has 0 spiro atoms.